The fraction of sp³-hybridized carbons (Fsp3) is 0.304. The zero-order valence-electron chi connectivity index (χ0n) is 16.8. The third-order valence-corrected chi connectivity index (χ3v) is 5.44. The van der Waals surface area contributed by atoms with Crippen LogP contribution in [0.5, 0.6) is 0 Å². The van der Waals surface area contributed by atoms with Gasteiger partial charge in [-0.3, -0.25) is 4.79 Å². The molecule has 1 aromatic heterocycles. The van der Waals surface area contributed by atoms with Crippen LogP contribution in [-0.4, -0.2) is 33.4 Å². The Morgan fingerprint density at radius 3 is 2.87 bits per heavy atom. The number of amides is 1. The van der Waals surface area contributed by atoms with Gasteiger partial charge in [-0.25, -0.2) is 13.8 Å². The van der Waals surface area contributed by atoms with Gasteiger partial charge in [0.15, 0.2) is 5.82 Å². The zero-order chi connectivity index (χ0) is 21.1. The Kier molecular flexibility index (Phi) is 5.79. The summed E-state index contributed by atoms with van der Waals surface area (Å²) >= 11 is 0. The number of imidazole rings is 1. The second kappa shape index (κ2) is 8.65. The van der Waals surface area contributed by atoms with Crippen molar-refractivity contribution in [2.45, 2.75) is 38.8 Å². The lowest BCUT2D eigenvalue weighted by Gasteiger charge is -2.33. The number of benzene rings is 2. The number of nitrogens with zero attached hydrogens (tertiary/aromatic N) is 2. The number of nitrogens with one attached hydrogen (secondary N) is 2. The first-order valence-corrected chi connectivity index (χ1v) is 10.2. The maximum Gasteiger partial charge on any atom is 0.289 e. The van der Waals surface area contributed by atoms with Gasteiger partial charge in [-0.05, 0) is 49.6 Å². The van der Waals surface area contributed by atoms with Crippen molar-refractivity contribution in [1.82, 2.24) is 20.2 Å². The van der Waals surface area contributed by atoms with E-state index in [1.807, 2.05) is 17.9 Å². The molecule has 1 aliphatic carbocycles. The van der Waals surface area contributed by atoms with E-state index in [-0.39, 0.29) is 29.4 Å². The molecule has 156 valence electrons. The topological polar surface area (TPSA) is 61.0 Å². The smallest absolute Gasteiger partial charge is 0.289 e. The van der Waals surface area contributed by atoms with Crippen LogP contribution in [0.4, 0.5) is 8.78 Å². The largest absolute Gasteiger partial charge is 0.384 e. The number of H-pyrrole nitrogens is 1. The first-order chi connectivity index (χ1) is 14.5. The molecule has 7 heteroatoms. The molecule has 30 heavy (non-hydrogen) atoms. The van der Waals surface area contributed by atoms with Crippen LogP contribution in [0.25, 0.3) is 11.0 Å². The minimum Gasteiger partial charge on any atom is -0.384 e. The standard InChI is InChI=1S/C23H24F2N4O/c1-2-29(23(30)22-27-20-10-9-17(25)12-21(20)28-22)19-8-4-7-18(13-19)26-14-15-5-3-6-16(24)11-15/h3,5-7,9-12,19,26H,2,4,8,13-14H2,1H3,(H,27,28)/t19-/m0/s1. The van der Waals surface area contributed by atoms with E-state index < -0.39 is 0 Å². The number of carbonyl (C=O) groups excluding carboxylic acids is 1. The van der Waals surface area contributed by atoms with Crippen LogP contribution in [0.15, 0.2) is 54.2 Å². The SMILES string of the molecule is CCN(C(=O)c1nc2cc(F)ccc2[nH]1)[C@H]1CCC=C(NCc2cccc(F)c2)C1. The number of allylic oxidation sites excluding steroid dienone is 1. The number of rotatable bonds is 6. The Balaban J connectivity index is 1.44. The van der Waals surface area contributed by atoms with Crippen LogP contribution < -0.4 is 5.32 Å². The Bertz CT molecular complexity index is 1090. The van der Waals surface area contributed by atoms with Gasteiger partial charge in [-0.15, -0.1) is 0 Å². The van der Waals surface area contributed by atoms with E-state index in [1.165, 1.54) is 24.3 Å². The summed E-state index contributed by atoms with van der Waals surface area (Å²) < 4.78 is 26.8. The highest BCUT2D eigenvalue weighted by Crippen LogP contribution is 2.24. The van der Waals surface area contributed by atoms with Crippen molar-refractivity contribution in [2.24, 2.45) is 0 Å². The van der Waals surface area contributed by atoms with Crippen molar-refractivity contribution >= 4 is 16.9 Å². The molecule has 0 saturated heterocycles. The van der Waals surface area contributed by atoms with E-state index in [0.717, 1.165) is 24.1 Å². The van der Waals surface area contributed by atoms with Gasteiger partial charge in [0.25, 0.3) is 5.91 Å². The molecule has 1 aliphatic rings. The quantitative estimate of drug-likeness (QED) is 0.628. The molecule has 3 aromatic rings. The Hall–Kier alpha value is -3.22. The van der Waals surface area contributed by atoms with Crippen molar-refractivity contribution in [3.8, 4) is 0 Å². The number of aromatic amines is 1. The maximum atomic E-state index is 13.4. The van der Waals surface area contributed by atoms with Gasteiger partial charge >= 0.3 is 0 Å². The second-order valence-electron chi connectivity index (χ2n) is 7.49. The average molecular weight is 410 g/mol. The van der Waals surface area contributed by atoms with E-state index in [2.05, 4.69) is 21.4 Å². The monoisotopic (exact) mass is 410 g/mol. The summed E-state index contributed by atoms with van der Waals surface area (Å²) in [5.74, 6) is -0.600. The molecule has 0 radical (unpaired) electrons. The summed E-state index contributed by atoms with van der Waals surface area (Å²) in [5, 5.41) is 3.37. The number of hydrogen-bond acceptors (Lipinski definition) is 3. The molecule has 1 heterocycles. The zero-order valence-corrected chi connectivity index (χ0v) is 16.8. The highest BCUT2D eigenvalue weighted by Gasteiger charge is 2.28. The van der Waals surface area contributed by atoms with Crippen LogP contribution >= 0.6 is 0 Å². The summed E-state index contributed by atoms with van der Waals surface area (Å²) in [4.78, 5) is 22.2. The van der Waals surface area contributed by atoms with E-state index >= 15 is 0 Å². The Labute approximate surface area is 173 Å². The minimum absolute atomic E-state index is 0.0347. The summed E-state index contributed by atoms with van der Waals surface area (Å²) in [6.45, 7) is 3.02. The fourth-order valence-electron chi connectivity index (χ4n) is 3.95. The third kappa shape index (κ3) is 4.35. The number of halogens is 2. The Morgan fingerprint density at radius 1 is 1.23 bits per heavy atom. The van der Waals surface area contributed by atoms with Gasteiger partial charge < -0.3 is 15.2 Å². The van der Waals surface area contributed by atoms with Gasteiger partial charge in [0.1, 0.15) is 11.6 Å². The molecule has 0 spiro atoms. The highest BCUT2D eigenvalue weighted by atomic mass is 19.1. The van der Waals surface area contributed by atoms with Gasteiger partial charge in [-0.2, -0.15) is 0 Å². The lowest BCUT2D eigenvalue weighted by Crippen LogP contribution is -2.42. The third-order valence-electron chi connectivity index (χ3n) is 5.44. The minimum atomic E-state index is -0.383. The molecule has 1 amide bonds. The van der Waals surface area contributed by atoms with Crippen molar-refractivity contribution < 1.29 is 13.6 Å². The van der Waals surface area contributed by atoms with Crippen molar-refractivity contribution in [3.63, 3.8) is 0 Å². The van der Waals surface area contributed by atoms with Crippen LogP contribution in [0.1, 0.15) is 42.4 Å². The molecular formula is C23H24F2N4O. The Morgan fingerprint density at radius 2 is 2.07 bits per heavy atom. The van der Waals surface area contributed by atoms with Crippen LogP contribution in [0.3, 0.4) is 0 Å². The van der Waals surface area contributed by atoms with Crippen molar-refractivity contribution in [3.05, 3.63) is 77.3 Å². The summed E-state index contributed by atoms with van der Waals surface area (Å²) in [6, 6.07) is 10.8. The van der Waals surface area contributed by atoms with E-state index in [0.29, 0.717) is 30.5 Å². The second-order valence-corrected chi connectivity index (χ2v) is 7.49. The van der Waals surface area contributed by atoms with E-state index in [9.17, 15) is 13.6 Å². The van der Waals surface area contributed by atoms with Gasteiger partial charge in [0.2, 0.25) is 0 Å². The molecule has 0 fully saturated rings. The maximum absolute atomic E-state index is 13.4. The van der Waals surface area contributed by atoms with Crippen LogP contribution in [0.2, 0.25) is 0 Å². The predicted octanol–water partition coefficient (Wildman–Crippen LogP) is 4.53. The van der Waals surface area contributed by atoms with Gasteiger partial charge in [0, 0.05) is 37.3 Å². The normalized spacial score (nSPS) is 16.4. The summed E-state index contributed by atoms with van der Waals surface area (Å²) in [7, 11) is 0. The predicted molar refractivity (Wildman–Crippen MR) is 112 cm³/mol. The lowest BCUT2D eigenvalue weighted by molar-refractivity contribution is 0.0663. The molecule has 4 rings (SSSR count). The average Bonchev–Trinajstić information content (AvgIpc) is 3.16. The molecule has 0 saturated carbocycles. The molecule has 0 aliphatic heterocycles. The van der Waals surface area contributed by atoms with E-state index in [1.54, 1.807) is 12.1 Å². The molecule has 2 N–H and O–H groups in total. The highest BCUT2D eigenvalue weighted by molar-refractivity contribution is 5.94. The van der Waals surface area contributed by atoms with Crippen molar-refractivity contribution in [1.29, 1.82) is 0 Å². The number of fused-ring (bicyclic) bond motifs is 1. The molecule has 2 aromatic carbocycles. The number of carbonyl (C=O) groups is 1. The fourth-order valence-corrected chi connectivity index (χ4v) is 3.95. The lowest BCUT2D eigenvalue weighted by atomic mass is 9.97. The van der Waals surface area contributed by atoms with Crippen LogP contribution in [-0.2, 0) is 6.54 Å². The summed E-state index contributed by atoms with van der Waals surface area (Å²) in [5.41, 5.74) is 3.00. The first kappa shape index (κ1) is 20.1. The van der Waals surface area contributed by atoms with Gasteiger partial charge in [0.05, 0.1) is 11.0 Å². The number of hydrogen-bond donors (Lipinski definition) is 2. The van der Waals surface area contributed by atoms with E-state index in [4.69, 9.17) is 0 Å². The van der Waals surface area contributed by atoms with Crippen LogP contribution in [0, 0.1) is 11.6 Å². The molecule has 0 bridgehead atoms. The molecular weight excluding hydrogens is 386 g/mol. The molecule has 5 nitrogen and oxygen atoms in total. The van der Waals surface area contributed by atoms with Crippen molar-refractivity contribution in [2.75, 3.05) is 6.54 Å². The first-order valence-electron chi connectivity index (χ1n) is 10.2. The summed E-state index contributed by atoms with van der Waals surface area (Å²) in [6.07, 6.45) is 4.55. The van der Waals surface area contributed by atoms with Gasteiger partial charge in [-0.1, -0.05) is 18.2 Å². The molecule has 0 unspecified atom stereocenters. The molecule has 1 atom stereocenters. The number of aromatic nitrogens is 2.